The molecule has 1 fully saturated rings. The van der Waals surface area contributed by atoms with Crippen LogP contribution in [0.4, 0.5) is 0 Å². The van der Waals surface area contributed by atoms with Gasteiger partial charge in [0.25, 0.3) is 0 Å². The van der Waals surface area contributed by atoms with Crippen LogP contribution in [0.25, 0.3) is 0 Å². The Morgan fingerprint density at radius 2 is 2.21 bits per heavy atom. The lowest BCUT2D eigenvalue weighted by Crippen LogP contribution is -2.26. The molecule has 0 aliphatic carbocycles. The van der Waals surface area contributed by atoms with Gasteiger partial charge in [-0.1, -0.05) is 29.3 Å². The van der Waals surface area contributed by atoms with Crippen LogP contribution in [0.2, 0.25) is 10.0 Å². The van der Waals surface area contributed by atoms with Gasteiger partial charge in [-0.3, -0.25) is 4.79 Å². The van der Waals surface area contributed by atoms with Crippen LogP contribution in [0.5, 0.6) is 0 Å². The van der Waals surface area contributed by atoms with Crippen molar-refractivity contribution in [3.63, 3.8) is 0 Å². The normalized spacial score (nSPS) is 23.9. The lowest BCUT2D eigenvalue weighted by Gasteiger charge is -2.17. The first-order chi connectivity index (χ1) is 9.04. The van der Waals surface area contributed by atoms with Crippen molar-refractivity contribution in [1.82, 2.24) is 0 Å². The van der Waals surface area contributed by atoms with Crippen LogP contribution in [0.3, 0.4) is 0 Å². The molecule has 19 heavy (non-hydrogen) atoms. The first-order valence-electron chi connectivity index (χ1n) is 6.04. The second-order valence-corrected chi connectivity index (χ2v) is 5.42. The zero-order valence-electron chi connectivity index (χ0n) is 10.4. The molecule has 1 aliphatic heterocycles. The Morgan fingerprint density at radius 3 is 2.74 bits per heavy atom. The van der Waals surface area contributed by atoms with E-state index in [4.69, 9.17) is 27.9 Å². The monoisotopic (exact) mass is 297 g/mol. The summed E-state index contributed by atoms with van der Waals surface area (Å²) in [6, 6.07) is 6.90. The second kappa shape index (κ2) is 5.92. The quantitative estimate of drug-likeness (QED) is 0.856. The largest absolute Gasteiger partial charge is 0.378 e. The molecule has 3 nitrogen and oxygen atoms in total. The van der Waals surface area contributed by atoms with Gasteiger partial charge in [0, 0.05) is 12.5 Å². The number of rotatable bonds is 3. The smallest absolute Gasteiger partial charge is 0.160 e. The predicted octanol–water partition coefficient (Wildman–Crippen LogP) is 3.59. The molecule has 1 aromatic rings. The molecular weight excluding hydrogens is 285 g/mol. The third kappa shape index (κ3) is 2.92. The number of benzene rings is 1. The molecule has 0 amide bonds. The number of halogens is 2. The first-order valence-corrected chi connectivity index (χ1v) is 6.80. The van der Waals surface area contributed by atoms with Crippen molar-refractivity contribution < 1.29 is 9.53 Å². The third-order valence-electron chi connectivity index (χ3n) is 3.43. The topological polar surface area (TPSA) is 50.1 Å². The Labute approximate surface area is 122 Å². The summed E-state index contributed by atoms with van der Waals surface area (Å²) in [5.41, 5.74) is 0.584. The molecule has 3 unspecified atom stereocenters. The molecule has 2 rings (SSSR count). The molecule has 0 saturated carbocycles. The van der Waals surface area contributed by atoms with E-state index in [0.29, 0.717) is 28.6 Å². The highest BCUT2D eigenvalue weighted by Gasteiger charge is 2.35. The van der Waals surface area contributed by atoms with Gasteiger partial charge in [-0.15, -0.1) is 0 Å². The third-order valence-corrected chi connectivity index (χ3v) is 4.17. The Hall–Kier alpha value is -1.08. The minimum atomic E-state index is -0.816. The number of nitrogens with zero attached hydrogens (tertiary/aromatic N) is 1. The lowest BCUT2D eigenvalue weighted by atomic mass is 9.85. The summed E-state index contributed by atoms with van der Waals surface area (Å²) in [6.07, 6.45) is 0.533. The van der Waals surface area contributed by atoms with Crippen LogP contribution in [0.15, 0.2) is 18.2 Å². The van der Waals surface area contributed by atoms with Gasteiger partial charge in [0.1, 0.15) is 5.92 Å². The van der Waals surface area contributed by atoms with Crippen LogP contribution >= 0.6 is 23.2 Å². The minimum absolute atomic E-state index is 0.106. The van der Waals surface area contributed by atoms with E-state index >= 15 is 0 Å². The fraction of sp³-hybridized carbons (Fsp3) is 0.429. The van der Waals surface area contributed by atoms with E-state index in [1.807, 2.05) is 6.92 Å². The zero-order chi connectivity index (χ0) is 14.0. The summed E-state index contributed by atoms with van der Waals surface area (Å²) in [7, 11) is 0. The molecule has 1 aromatic carbocycles. The highest BCUT2D eigenvalue weighted by atomic mass is 35.5. The second-order valence-electron chi connectivity index (χ2n) is 4.61. The van der Waals surface area contributed by atoms with Crippen LogP contribution in [-0.2, 0) is 9.53 Å². The Morgan fingerprint density at radius 1 is 1.47 bits per heavy atom. The fourth-order valence-electron chi connectivity index (χ4n) is 2.31. The Balaban J connectivity index is 2.27. The van der Waals surface area contributed by atoms with Crippen molar-refractivity contribution in [3.05, 3.63) is 33.8 Å². The summed E-state index contributed by atoms with van der Waals surface area (Å²) in [5.74, 6) is -1.14. The molecule has 100 valence electrons. The van der Waals surface area contributed by atoms with Crippen LogP contribution in [0, 0.1) is 17.2 Å². The van der Waals surface area contributed by atoms with E-state index in [1.54, 1.807) is 18.2 Å². The standard InChI is InChI=1S/C14H13Cl2NO2/c1-8-10(4-5-19-8)14(18)11(7-17)9-2-3-12(15)13(16)6-9/h2-3,6,8,10-11H,4-5H2,1H3. The number of hydrogen-bond acceptors (Lipinski definition) is 3. The summed E-state index contributed by atoms with van der Waals surface area (Å²) >= 11 is 11.8. The maximum absolute atomic E-state index is 12.4. The summed E-state index contributed by atoms with van der Waals surface area (Å²) in [5, 5.41) is 10.0. The van der Waals surface area contributed by atoms with E-state index in [1.165, 1.54) is 0 Å². The molecule has 0 radical (unpaired) electrons. The number of ketones is 1. The number of Topliss-reactive ketones (excluding diaryl/α,β-unsaturated/α-hetero) is 1. The predicted molar refractivity (Wildman–Crippen MR) is 73.3 cm³/mol. The summed E-state index contributed by atoms with van der Waals surface area (Å²) < 4.78 is 5.38. The maximum atomic E-state index is 12.4. The fourth-order valence-corrected chi connectivity index (χ4v) is 2.62. The average molecular weight is 298 g/mol. The molecule has 0 aromatic heterocycles. The van der Waals surface area contributed by atoms with Crippen molar-refractivity contribution in [1.29, 1.82) is 5.26 Å². The first kappa shape index (κ1) is 14.3. The number of nitriles is 1. The highest BCUT2D eigenvalue weighted by Crippen LogP contribution is 2.31. The van der Waals surface area contributed by atoms with Gasteiger partial charge in [-0.2, -0.15) is 5.26 Å². The highest BCUT2D eigenvalue weighted by molar-refractivity contribution is 6.42. The van der Waals surface area contributed by atoms with Crippen LogP contribution < -0.4 is 0 Å². The summed E-state index contributed by atoms with van der Waals surface area (Å²) in [6.45, 7) is 2.43. The van der Waals surface area contributed by atoms with Gasteiger partial charge in [-0.05, 0) is 31.0 Å². The molecule has 0 spiro atoms. The van der Waals surface area contributed by atoms with Gasteiger partial charge in [-0.25, -0.2) is 0 Å². The van der Waals surface area contributed by atoms with Crippen LogP contribution in [-0.4, -0.2) is 18.5 Å². The SMILES string of the molecule is CC1OCCC1C(=O)C(C#N)c1ccc(Cl)c(Cl)c1. The molecule has 3 atom stereocenters. The van der Waals surface area contributed by atoms with Crippen molar-refractivity contribution in [2.75, 3.05) is 6.61 Å². The van der Waals surface area contributed by atoms with E-state index in [9.17, 15) is 10.1 Å². The lowest BCUT2D eigenvalue weighted by molar-refractivity contribution is -0.124. The van der Waals surface area contributed by atoms with Crippen molar-refractivity contribution in [3.8, 4) is 6.07 Å². The molecule has 1 aliphatic rings. The molecule has 5 heteroatoms. The van der Waals surface area contributed by atoms with Gasteiger partial charge in [0.2, 0.25) is 0 Å². The van der Waals surface area contributed by atoms with E-state index in [2.05, 4.69) is 6.07 Å². The van der Waals surface area contributed by atoms with Gasteiger partial charge in [0.15, 0.2) is 5.78 Å². The van der Waals surface area contributed by atoms with Gasteiger partial charge >= 0.3 is 0 Å². The summed E-state index contributed by atoms with van der Waals surface area (Å²) in [4.78, 5) is 12.4. The Kier molecular flexibility index (Phi) is 4.46. The average Bonchev–Trinajstić information content (AvgIpc) is 2.80. The Bertz CT molecular complexity index is 539. The number of carbonyl (C=O) groups is 1. The molecule has 0 N–H and O–H groups in total. The maximum Gasteiger partial charge on any atom is 0.160 e. The van der Waals surface area contributed by atoms with Crippen molar-refractivity contribution >= 4 is 29.0 Å². The van der Waals surface area contributed by atoms with E-state index in [0.717, 1.165) is 0 Å². The molecule has 1 heterocycles. The zero-order valence-corrected chi connectivity index (χ0v) is 11.9. The van der Waals surface area contributed by atoms with E-state index < -0.39 is 5.92 Å². The van der Waals surface area contributed by atoms with Gasteiger partial charge in [0.05, 0.1) is 22.2 Å². The molecule has 0 bridgehead atoms. The number of hydrogen-bond donors (Lipinski definition) is 0. The molecule has 1 saturated heterocycles. The van der Waals surface area contributed by atoms with Crippen molar-refractivity contribution in [2.24, 2.45) is 5.92 Å². The number of ether oxygens (including phenoxy) is 1. The van der Waals surface area contributed by atoms with Crippen molar-refractivity contribution in [2.45, 2.75) is 25.4 Å². The van der Waals surface area contributed by atoms with E-state index in [-0.39, 0.29) is 17.8 Å². The minimum Gasteiger partial charge on any atom is -0.378 e. The van der Waals surface area contributed by atoms with Gasteiger partial charge < -0.3 is 4.74 Å². The van der Waals surface area contributed by atoms with Crippen LogP contribution in [0.1, 0.15) is 24.8 Å². The molecular formula is C14H13Cl2NO2. The number of carbonyl (C=O) groups excluding carboxylic acids is 1.